The van der Waals surface area contributed by atoms with Crippen molar-refractivity contribution in [2.24, 2.45) is 22.7 Å². The highest BCUT2D eigenvalue weighted by molar-refractivity contribution is 6.41. The number of nitrogens with one attached hydrogen (secondary N) is 4. The van der Waals surface area contributed by atoms with Crippen LogP contribution < -0.4 is 10.6 Å². The monoisotopic (exact) mass is 624 g/mol. The SMILES string of the molecule is C=CCC/C(=N/c1ncc([C@@H](NC(=O)c2ccnn2CC)C2CCC(F)(F)CC2)[nH]1)C(=N)C[C@H]1C[C@@H](C(F)(F)F)CNC1=O. The number of nitrogens with zero attached hydrogens (tertiary/aromatic N) is 4. The maximum absolute atomic E-state index is 14.0. The number of aliphatic imine (C=N–C) groups is 1. The van der Waals surface area contributed by atoms with Crippen LogP contribution in [-0.4, -0.2) is 61.6 Å². The highest BCUT2D eigenvalue weighted by atomic mass is 19.4. The lowest BCUT2D eigenvalue weighted by Gasteiger charge is -2.33. The van der Waals surface area contributed by atoms with Crippen molar-refractivity contribution in [3.05, 3.63) is 42.5 Å². The zero-order chi connectivity index (χ0) is 32.1. The molecule has 1 aliphatic heterocycles. The number of hydrogen-bond donors (Lipinski definition) is 4. The van der Waals surface area contributed by atoms with Crippen LogP contribution in [0.4, 0.5) is 27.9 Å². The Labute approximate surface area is 251 Å². The van der Waals surface area contributed by atoms with E-state index < -0.39 is 54.8 Å². The highest BCUT2D eigenvalue weighted by Crippen LogP contribution is 2.41. The van der Waals surface area contributed by atoms with Crippen LogP contribution in [0, 0.1) is 23.2 Å². The van der Waals surface area contributed by atoms with E-state index in [9.17, 15) is 31.5 Å². The second-order valence-corrected chi connectivity index (χ2v) is 11.3. The van der Waals surface area contributed by atoms with E-state index in [1.807, 2.05) is 6.92 Å². The fourth-order valence-corrected chi connectivity index (χ4v) is 5.71. The third kappa shape index (κ3) is 8.17. The molecule has 1 aliphatic carbocycles. The predicted octanol–water partition coefficient (Wildman–Crippen LogP) is 5.69. The summed E-state index contributed by atoms with van der Waals surface area (Å²) in [5.74, 6) is -6.72. The summed E-state index contributed by atoms with van der Waals surface area (Å²) in [6.45, 7) is 5.48. The number of carbonyl (C=O) groups excluding carboxylic acids is 2. The number of halogens is 5. The number of aryl methyl sites for hydroxylation is 1. The van der Waals surface area contributed by atoms with Gasteiger partial charge in [0.1, 0.15) is 5.69 Å². The van der Waals surface area contributed by atoms with Crippen molar-refractivity contribution in [2.75, 3.05) is 6.54 Å². The van der Waals surface area contributed by atoms with Gasteiger partial charge in [-0.2, -0.15) is 18.3 Å². The summed E-state index contributed by atoms with van der Waals surface area (Å²) in [4.78, 5) is 37.3. The maximum atomic E-state index is 14.0. The first kappa shape index (κ1) is 33.0. The van der Waals surface area contributed by atoms with Crippen molar-refractivity contribution in [1.29, 1.82) is 5.41 Å². The molecular formula is C29H37F5N8O2. The van der Waals surface area contributed by atoms with E-state index in [1.165, 1.54) is 17.1 Å². The van der Waals surface area contributed by atoms with Gasteiger partial charge in [-0.05, 0) is 51.0 Å². The van der Waals surface area contributed by atoms with Crippen LogP contribution in [0.15, 0.2) is 36.1 Å². The van der Waals surface area contributed by atoms with E-state index in [1.54, 1.807) is 12.1 Å². The van der Waals surface area contributed by atoms with Gasteiger partial charge in [0.15, 0.2) is 0 Å². The van der Waals surface area contributed by atoms with Crippen LogP contribution in [0.1, 0.15) is 80.5 Å². The van der Waals surface area contributed by atoms with Gasteiger partial charge in [0.05, 0.1) is 35.3 Å². The standard InChI is InChI=1S/C29H37F5N8O2/c1-3-5-6-21(20(35)14-18-13-19(29(32,33)34)15-36-25(18)43)39-27-37-16-22(40-27)24(17-7-10-28(30,31)11-8-17)41-26(44)23-9-12-38-42(23)4-2/h3,9,12,16-19,24,35H,1,4-8,10-11,13-15H2,2H3,(H,36,43)(H,37,40)(H,41,44)/b35-20?,39-21-/t18-,19-,24+/m1/s1. The maximum Gasteiger partial charge on any atom is 0.393 e. The summed E-state index contributed by atoms with van der Waals surface area (Å²) in [5.41, 5.74) is 0.873. The summed E-state index contributed by atoms with van der Waals surface area (Å²) in [7, 11) is 0. The summed E-state index contributed by atoms with van der Waals surface area (Å²) in [5, 5.41) is 18.0. The Kier molecular flexibility index (Phi) is 10.4. The van der Waals surface area contributed by atoms with Gasteiger partial charge >= 0.3 is 6.18 Å². The number of amides is 2. The van der Waals surface area contributed by atoms with Crippen molar-refractivity contribution in [3.8, 4) is 0 Å². The fourth-order valence-electron chi connectivity index (χ4n) is 5.71. The van der Waals surface area contributed by atoms with Crippen LogP contribution in [0.3, 0.4) is 0 Å². The number of H-pyrrole nitrogens is 1. The minimum atomic E-state index is -4.46. The van der Waals surface area contributed by atoms with Crippen LogP contribution in [0.2, 0.25) is 0 Å². The van der Waals surface area contributed by atoms with Gasteiger partial charge in [-0.25, -0.2) is 18.8 Å². The van der Waals surface area contributed by atoms with Crippen molar-refractivity contribution < 1.29 is 31.5 Å². The molecule has 2 fully saturated rings. The molecule has 2 aromatic heterocycles. The molecule has 2 aromatic rings. The predicted molar refractivity (Wildman–Crippen MR) is 153 cm³/mol. The Hall–Kier alpha value is -3.91. The first-order chi connectivity index (χ1) is 20.8. The molecule has 0 radical (unpaired) electrons. The van der Waals surface area contributed by atoms with E-state index >= 15 is 0 Å². The third-order valence-electron chi connectivity index (χ3n) is 8.24. The lowest BCUT2D eigenvalue weighted by Crippen LogP contribution is -2.47. The lowest BCUT2D eigenvalue weighted by atomic mass is 9.81. The Morgan fingerprint density at radius 1 is 1.34 bits per heavy atom. The number of allylic oxidation sites excluding steroid dienone is 1. The van der Waals surface area contributed by atoms with E-state index in [0.29, 0.717) is 24.4 Å². The summed E-state index contributed by atoms with van der Waals surface area (Å²) in [6, 6.07) is 0.866. The van der Waals surface area contributed by atoms with E-state index in [2.05, 4.69) is 37.3 Å². The molecule has 3 heterocycles. The summed E-state index contributed by atoms with van der Waals surface area (Å²) >= 11 is 0. The van der Waals surface area contributed by atoms with E-state index in [-0.39, 0.29) is 61.8 Å². The number of imidazole rings is 1. The minimum Gasteiger partial charge on any atom is -0.355 e. The highest BCUT2D eigenvalue weighted by Gasteiger charge is 2.45. The summed E-state index contributed by atoms with van der Waals surface area (Å²) < 4.78 is 69.4. The first-order valence-corrected chi connectivity index (χ1v) is 14.7. The molecule has 0 unspecified atom stereocenters. The number of alkyl halides is 5. The van der Waals surface area contributed by atoms with Crippen molar-refractivity contribution in [1.82, 2.24) is 30.4 Å². The largest absolute Gasteiger partial charge is 0.393 e. The third-order valence-corrected chi connectivity index (χ3v) is 8.24. The van der Waals surface area contributed by atoms with Crippen LogP contribution in [0.25, 0.3) is 0 Å². The normalized spacial score (nSPS) is 21.9. The molecule has 2 aliphatic rings. The molecule has 1 saturated heterocycles. The van der Waals surface area contributed by atoms with Gasteiger partial charge in [-0.1, -0.05) is 6.08 Å². The molecule has 2 amide bonds. The van der Waals surface area contributed by atoms with Crippen molar-refractivity contribution in [3.63, 3.8) is 0 Å². The van der Waals surface area contributed by atoms with Gasteiger partial charge in [0.25, 0.3) is 5.91 Å². The molecule has 0 aromatic carbocycles. The average molecular weight is 625 g/mol. The van der Waals surface area contributed by atoms with Crippen LogP contribution in [0.5, 0.6) is 0 Å². The van der Waals surface area contributed by atoms with Crippen LogP contribution in [-0.2, 0) is 11.3 Å². The molecular weight excluding hydrogens is 587 g/mol. The first-order valence-electron chi connectivity index (χ1n) is 14.7. The second-order valence-electron chi connectivity index (χ2n) is 11.3. The average Bonchev–Trinajstić information content (AvgIpc) is 3.64. The Morgan fingerprint density at radius 2 is 2.07 bits per heavy atom. The molecule has 15 heteroatoms. The number of hydrogen-bond acceptors (Lipinski definition) is 6. The molecule has 4 N–H and O–H groups in total. The fraction of sp³-hybridized carbons (Fsp3) is 0.586. The molecule has 44 heavy (non-hydrogen) atoms. The number of aromatic amines is 1. The number of carbonyl (C=O) groups is 2. The smallest absolute Gasteiger partial charge is 0.355 e. The number of aromatic nitrogens is 4. The molecule has 3 atom stereocenters. The van der Waals surface area contributed by atoms with Crippen LogP contribution >= 0.6 is 0 Å². The zero-order valence-corrected chi connectivity index (χ0v) is 24.4. The van der Waals surface area contributed by atoms with Gasteiger partial charge in [-0.15, -0.1) is 6.58 Å². The quantitative estimate of drug-likeness (QED) is 0.137. The lowest BCUT2D eigenvalue weighted by molar-refractivity contribution is -0.183. The Bertz CT molecular complexity index is 1370. The molecule has 10 nitrogen and oxygen atoms in total. The Balaban J connectivity index is 1.57. The Morgan fingerprint density at radius 3 is 2.73 bits per heavy atom. The molecule has 0 bridgehead atoms. The molecule has 240 valence electrons. The number of piperidine rings is 1. The second kappa shape index (κ2) is 13.8. The summed E-state index contributed by atoms with van der Waals surface area (Å²) in [6.07, 6.45) is -0.221. The number of rotatable bonds is 12. The van der Waals surface area contributed by atoms with Gasteiger partial charge < -0.3 is 21.0 Å². The van der Waals surface area contributed by atoms with Gasteiger partial charge in [0.2, 0.25) is 17.8 Å². The van der Waals surface area contributed by atoms with Crippen molar-refractivity contribution in [2.45, 2.75) is 83.0 Å². The molecule has 1 saturated carbocycles. The molecule has 0 spiro atoms. The zero-order valence-electron chi connectivity index (χ0n) is 24.4. The van der Waals surface area contributed by atoms with E-state index in [0.717, 1.165) is 0 Å². The van der Waals surface area contributed by atoms with Crippen molar-refractivity contribution >= 4 is 29.2 Å². The molecule has 4 rings (SSSR count). The topological polar surface area (TPSA) is 141 Å². The van der Waals surface area contributed by atoms with E-state index in [4.69, 9.17) is 5.41 Å². The van der Waals surface area contributed by atoms with Gasteiger partial charge in [0, 0.05) is 44.5 Å². The van der Waals surface area contributed by atoms with Gasteiger partial charge in [-0.3, -0.25) is 14.3 Å². The minimum absolute atomic E-state index is 0.0732.